The average Bonchev–Trinajstić information content (AvgIpc) is 3.04. The van der Waals surface area contributed by atoms with E-state index in [9.17, 15) is 18.0 Å². The lowest BCUT2D eigenvalue weighted by Gasteiger charge is -2.08. The molecule has 1 N–H and O–H groups in total. The molecule has 0 saturated carbocycles. The Balaban J connectivity index is 1.85. The molecule has 9 heteroatoms. The third-order valence-corrected chi connectivity index (χ3v) is 5.31. The molecule has 3 aromatic rings. The van der Waals surface area contributed by atoms with Crippen LogP contribution in [0.1, 0.15) is 33.3 Å². The summed E-state index contributed by atoms with van der Waals surface area (Å²) in [5.41, 5.74) is 1.70. The number of Topliss-reactive ketones (excluding diaryl/α,β-unsaturated/α-hetero) is 1. The Morgan fingerprint density at radius 1 is 1.04 bits per heavy atom. The molecule has 0 unspecified atom stereocenters. The van der Waals surface area contributed by atoms with Crippen molar-refractivity contribution in [2.24, 2.45) is 0 Å². The second kappa shape index (κ2) is 7.12. The van der Waals surface area contributed by atoms with Crippen LogP contribution in [0.4, 0.5) is 0 Å². The third kappa shape index (κ3) is 3.77. The number of amides is 1. The molecular weight excluding hydrogens is 368 g/mol. The summed E-state index contributed by atoms with van der Waals surface area (Å²) >= 11 is 0. The molecule has 2 heterocycles. The number of ketones is 1. The number of sulfonamides is 1. The van der Waals surface area contributed by atoms with Gasteiger partial charge in [-0.3, -0.25) is 14.6 Å². The number of aromatic nitrogens is 3. The molecule has 0 radical (unpaired) electrons. The highest BCUT2D eigenvalue weighted by Gasteiger charge is 2.22. The molecule has 138 valence electrons. The maximum Gasteiger partial charge on any atom is 0.268 e. The minimum atomic E-state index is -4.08. The van der Waals surface area contributed by atoms with Gasteiger partial charge in [0, 0.05) is 18.0 Å². The fourth-order valence-corrected chi connectivity index (χ4v) is 3.45. The Morgan fingerprint density at radius 3 is 2.26 bits per heavy atom. The number of rotatable bonds is 5. The summed E-state index contributed by atoms with van der Waals surface area (Å²) in [4.78, 5) is 27.6. The van der Waals surface area contributed by atoms with Crippen molar-refractivity contribution in [1.29, 1.82) is 0 Å². The summed E-state index contributed by atoms with van der Waals surface area (Å²) < 4.78 is 28.4. The van der Waals surface area contributed by atoms with Crippen LogP contribution in [0.25, 0.3) is 5.69 Å². The number of carbonyl (C=O) groups is 2. The Kier molecular flexibility index (Phi) is 4.87. The van der Waals surface area contributed by atoms with E-state index in [0.717, 1.165) is 0 Å². The van der Waals surface area contributed by atoms with Crippen LogP contribution in [0.2, 0.25) is 0 Å². The van der Waals surface area contributed by atoms with Gasteiger partial charge in [-0.05, 0) is 38.1 Å². The molecule has 27 heavy (non-hydrogen) atoms. The van der Waals surface area contributed by atoms with E-state index < -0.39 is 15.9 Å². The van der Waals surface area contributed by atoms with Crippen LogP contribution < -0.4 is 4.72 Å². The lowest BCUT2D eigenvalue weighted by atomic mass is 10.2. The van der Waals surface area contributed by atoms with Gasteiger partial charge in [0.05, 0.1) is 28.0 Å². The Hall–Kier alpha value is -3.33. The molecule has 0 aliphatic rings. The number of hydrogen-bond acceptors (Lipinski definition) is 6. The fraction of sp³-hybridized carbons (Fsp3) is 0.111. The highest BCUT2D eigenvalue weighted by Crippen LogP contribution is 2.15. The average molecular weight is 384 g/mol. The van der Waals surface area contributed by atoms with Crippen molar-refractivity contribution in [3.63, 3.8) is 0 Å². The van der Waals surface area contributed by atoms with E-state index in [1.165, 1.54) is 42.1 Å². The summed E-state index contributed by atoms with van der Waals surface area (Å²) in [6, 6.07) is 8.78. The van der Waals surface area contributed by atoms with E-state index in [4.69, 9.17) is 0 Å². The quantitative estimate of drug-likeness (QED) is 0.673. The summed E-state index contributed by atoms with van der Waals surface area (Å²) in [6.07, 6.45) is 4.48. The fourth-order valence-electron chi connectivity index (χ4n) is 2.48. The molecular formula is C18H16N4O4S. The van der Waals surface area contributed by atoms with Crippen LogP contribution in [0.3, 0.4) is 0 Å². The SMILES string of the molecule is CC(=O)c1ccc(S(=O)(=O)NC(=O)c2cnn(-c3ccncc3)c2C)cc1. The topological polar surface area (TPSA) is 111 Å². The highest BCUT2D eigenvalue weighted by molar-refractivity contribution is 7.90. The Morgan fingerprint density at radius 2 is 1.67 bits per heavy atom. The zero-order valence-corrected chi connectivity index (χ0v) is 15.4. The van der Waals surface area contributed by atoms with Crippen molar-refractivity contribution in [2.45, 2.75) is 18.7 Å². The minimum absolute atomic E-state index is 0.111. The smallest absolute Gasteiger partial charge is 0.268 e. The number of nitrogens with one attached hydrogen (secondary N) is 1. The molecule has 0 aliphatic heterocycles. The normalized spacial score (nSPS) is 11.2. The van der Waals surface area contributed by atoms with Crippen molar-refractivity contribution in [1.82, 2.24) is 19.5 Å². The minimum Gasteiger partial charge on any atom is -0.295 e. The number of hydrogen-bond donors (Lipinski definition) is 1. The predicted octanol–water partition coefficient (Wildman–Crippen LogP) is 1.90. The van der Waals surface area contributed by atoms with E-state index in [-0.39, 0.29) is 16.2 Å². The lowest BCUT2D eigenvalue weighted by molar-refractivity contribution is 0.0978. The van der Waals surface area contributed by atoms with Crippen molar-refractivity contribution >= 4 is 21.7 Å². The van der Waals surface area contributed by atoms with Gasteiger partial charge in [0.1, 0.15) is 0 Å². The number of pyridine rings is 1. The van der Waals surface area contributed by atoms with Gasteiger partial charge in [-0.1, -0.05) is 12.1 Å². The number of benzene rings is 1. The van der Waals surface area contributed by atoms with Gasteiger partial charge >= 0.3 is 0 Å². The largest absolute Gasteiger partial charge is 0.295 e. The second-order valence-corrected chi connectivity index (χ2v) is 7.46. The molecule has 1 amide bonds. The number of nitrogens with zero attached hydrogens (tertiary/aromatic N) is 3. The van der Waals surface area contributed by atoms with Crippen LogP contribution in [0.15, 0.2) is 59.9 Å². The van der Waals surface area contributed by atoms with Crippen LogP contribution in [0, 0.1) is 6.92 Å². The van der Waals surface area contributed by atoms with Crippen molar-refractivity contribution in [2.75, 3.05) is 0 Å². The molecule has 0 spiro atoms. The van der Waals surface area contributed by atoms with E-state index in [1.807, 2.05) is 4.72 Å². The Labute approximate surface area is 155 Å². The molecule has 0 saturated heterocycles. The second-order valence-electron chi connectivity index (χ2n) is 5.78. The molecule has 8 nitrogen and oxygen atoms in total. The van der Waals surface area contributed by atoms with Crippen LogP contribution >= 0.6 is 0 Å². The molecule has 2 aromatic heterocycles. The van der Waals surface area contributed by atoms with Crippen molar-refractivity contribution in [3.05, 3.63) is 71.8 Å². The molecule has 0 aliphatic carbocycles. The highest BCUT2D eigenvalue weighted by atomic mass is 32.2. The molecule has 0 bridgehead atoms. The monoisotopic (exact) mass is 384 g/mol. The van der Waals surface area contributed by atoms with Gasteiger partial charge in [0.15, 0.2) is 5.78 Å². The van der Waals surface area contributed by atoms with Crippen molar-refractivity contribution < 1.29 is 18.0 Å². The van der Waals surface area contributed by atoms with E-state index in [0.29, 0.717) is 16.9 Å². The summed E-state index contributed by atoms with van der Waals surface area (Å²) in [7, 11) is -4.08. The van der Waals surface area contributed by atoms with Crippen LogP contribution in [-0.4, -0.2) is 34.9 Å². The predicted molar refractivity (Wildman–Crippen MR) is 97.2 cm³/mol. The van der Waals surface area contributed by atoms with E-state index in [1.54, 1.807) is 31.5 Å². The Bertz CT molecular complexity index is 1100. The first-order valence-electron chi connectivity index (χ1n) is 7.93. The van der Waals surface area contributed by atoms with Crippen molar-refractivity contribution in [3.8, 4) is 5.69 Å². The zero-order chi connectivity index (χ0) is 19.6. The maximum atomic E-state index is 12.5. The maximum absolute atomic E-state index is 12.5. The molecule has 3 rings (SSSR count). The number of carbonyl (C=O) groups excluding carboxylic acids is 2. The molecule has 1 aromatic carbocycles. The first-order valence-corrected chi connectivity index (χ1v) is 9.41. The van der Waals surface area contributed by atoms with Gasteiger partial charge in [0.2, 0.25) is 0 Å². The van der Waals surface area contributed by atoms with Gasteiger partial charge in [-0.2, -0.15) is 5.10 Å². The van der Waals surface area contributed by atoms with Gasteiger partial charge in [0.25, 0.3) is 15.9 Å². The van der Waals surface area contributed by atoms with Gasteiger partial charge < -0.3 is 0 Å². The van der Waals surface area contributed by atoms with E-state index in [2.05, 4.69) is 10.1 Å². The standard InChI is InChI=1S/C18H16N4O4S/c1-12-17(11-20-22(12)15-7-9-19-10-8-15)18(24)21-27(25,26)16-5-3-14(4-6-16)13(2)23/h3-11H,1-2H3,(H,21,24). The van der Waals surface area contributed by atoms with E-state index >= 15 is 0 Å². The summed E-state index contributed by atoms with van der Waals surface area (Å²) in [5, 5.41) is 4.14. The lowest BCUT2D eigenvalue weighted by Crippen LogP contribution is -2.30. The third-order valence-electron chi connectivity index (χ3n) is 3.96. The van der Waals surface area contributed by atoms with Crippen LogP contribution in [-0.2, 0) is 10.0 Å². The molecule has 0 fully saturated rings. The summed E-state index contributed by atoms with van der Waals surface area (Å²) in [6.45, 7) is 3.05. The zero-order valence-electron chi connectivity index (χ0n) is 14.6. The van der Waals surface area contributed by atoms with Gasteiger partial charge in [-0.25, -0.2) is 17.8 Å². The van der Waals surface area contributed by atoms with Gasteiger partial charge in [-0.15, -0.1) is 0 Å². The summed E-state index contributed by atoms with van der Waals surface area (Å²) in [5.74, 6) is -0.967. The first-order chi connectivity index (χ1) is 12.8. The molecule has 0 atom stereocenters. The first kappa shape index (κ1) is 18.5. The van der Waals surface area contributed by atoms with Crippen LogP contribution in [0.5, 0.6) is 0 Å².